The van der Waals surface area contributed by atoms with Gasteiger partial charge in [-0.3, -0.25) is 9.78 Å². The van der Waals surface area contributed by atoms with Crippen LogP contribution < -0.4 is 10.6 Å². The number of aryl methyl sites for hydroxylation is 1. The molecule has 4 aromatic rings. The number of anilines is 2. The zero-order valence-corrected chi connectivity index (χ0v) is 15.7. The summed E-state index contributed by atoms with van der Waals surface area (Å²) >= 11 is 0. The van der Waals surface area contributed by atoms with Gasteiger partial charge in [-0.2, -0.15) is 0 Å². The first-order chi connectivity index (χ1) is 13.7. The Balaban J connectivity index is 1.42. The summed E-state index contributed by atoms with van der Waals surface area (Å²) in [6, 6.07) is 19.6. The normalized spacial score (nSPS) is 10.8. The van der Waals surface area contributed by atoms with Crippen molar-refractivity contribution in [3.8, 4) is 0 Å². The van der Waals surface area contributed by atoms with E-state index >= 15 is 0 Å². The summed E-state index contributed by atoms with van der Waals surface area (Å²) in [5, 5.41) is 7.51. The molecule has 28 heavy (non-hydrogen) atoms. The van der Waals surface area contributed by atoms with Gasteiger partial charge in [-0.05, 0) is 49.2 Å². The zero-order valence-electron chi connectivity index (χ0n) is 15.7. The summed E-state index contributed by atoms with van der Waals surface area (Å²) in [5.41, 5.74) is 5.50. The number of H-pyrrole nitrogens is 1. The molecule has 5 nitrogen and oxygen atoms in total. The second-order valence-electron chi connectivity index (χ2n) is 6.72. The monoisotopic (exact) mass is 370 g/mol. The van der Waals surface area contributed by atoms with E-state index in [4.69, 9.17) is 0 Å². The average Bonchev–Trinajstić information content (AvgIpc) is 3.13. The van der Waals surface area contributed by atoms with Crippen LogP contribution in [0.5, 0.6) is 0 Å². The first-order valence-electron chi connectivity index (χ1n) is 9.32. The lowest BCUT2D eigenvalue weighted by Gasteiger charge is -2.12. The fourth-order valence-corrected chi connectivity index (χ4v) is 3.23. The lowest BCUT2D eigenvalue weighted by Crippen LogP contribution is -2.26. The Bertz CT molecular complexity index is 1100. The third-order valence-corrected chi connectivity index (χ3v) is 4.72. The lowest BCUT2D eigenvalue weighted by molar-refractivity contribution is 0.0955. The number of nitrogens with one attached hydrogen (secondary N) is 3. The molecule has 0 saturated carbocycles. The Morgan fingerprint density at radius 3 is 2.71 bits per heavy atom. The van der Waals surface area contributed by atoms with Gasteiger partial charge in [0, 0.05) is 29.3 Å². The number of rotatable bonds is 6. The maximum atomic E-state index is 12.7. The van der Waals surface area contributed by atoms with E-state index in [2.05, 4.69) is 32.7 Å². The lowest BCUT2D eigenvalue weighted by atomic mass is 10.1. The van der Waals surface area contributed by atoms with E-state index in [1.165, 1.54) is 10.9 Å². The molecule has 0 saturated heterocycles. The summed E-state index contributed by atoms with van der Waals surface area (Å²) in [6.07, 6.45) is 4.55. The molecular formula is C23H22N4O. The highest BCUT2D eigenvalue weighted by Gasteiger charge is 2.11. The first-order valence-corrected chi connectivity index (χ1v) is 9.32. The fraction of sp³-hybridized carbons (Fsp3) is 0.130. The Morgan fingerprint density at radius 1 is 1.04 bits per heavy atom. The fourth-order valence-electron chi connectivity index (χ4n) is 3.23. The number of carbonyl (C=O) groups is 1. The molecule has 1 amide bonds. The van der Waals surface area contributed by atoms with Crippen molar-refractivity contribution in [1.29, 1.82) is 0 Å². The predicted molar refractivity (Wildman–Crippen MR) is 113 cm³/mol. The third-order valence-electron chi connectivity index (χ3n) is 4.72. The number of benzene rings is 2. The second kappa shape index (κ2) is 7.96. The predicted octanol–water partition coefficient (Wildman–Crippen LogP) is 4.59. The number of aromatic amines is 1. The number of fused-ring (bicyclic) bond motifs is 1. The highest BCUT2D eigenvalue weighted by atomic mass is 16.1. The van der Waals surface area contributed by atoms with E-state index < -0.39 is 0 Å². The molecule has 2 aromatic heterocycles. The molecule has 0 aliphatic heterocycles. The number of para-hydroxylation sites is 2. The molecule has 3 N–H and O–H groups in total. The van der Waals surface area contributed by atoms with Crippen molar-refractivity contribution in [3.63, 3.8) is 0 Å². The molecule has 0 atom stereocenters. The van der Waals surface area contributed by atoms with E-state index in [0.717, 1.165) is 29.0 Å². The Hall–Kier alpha value is -3.60. The smallest absolute Gasteiger partial charge is 0.253 e. The quantitative estimate of drug-likeness (QED) is 0.465. The number of amides is 1. The van der Waals surface area contributed by atoms with Gasteiger partial charge < -0.3 is 15.6 Å². The van der Waals surface area contributed by atoms with Gasteiger partial charge in [0.15, 0.2) is 0 Å². The van der Waals surface area contributed by atoms with Crippen LogP contribution in [0.25, 0.3) is 10.9 Å². The SMILES string of the molecule is Cc1ccc(Nc2ccccc2C(=O)NCCc2c[nH]c3ccccc23)cn1. The van der Waals surface area contributed by atoms with Crippen molar-refractivity contribution < 1.29 is 4.79 Å². The topological polar surface area (TPSA) is 69.8 Å². The molecule has 0 spiro atoms. The van der Waals surface area contributed by atoms with Crippen LogP contribution in [0.3, 0.4) is 0 Å². The maximum absolute atomic E-state index is 12.7. The molecule has 2 heterocycles. The molecule has 0 aliphatic carbocycles. The van der Waals surface area contributed by atoms with Gasteiger partial charge in [0.25, 0.3) is 5.91 Å². The molecule has 0 bridgehead atoms. The molecule has 0 aliphatic rings. The van der Waals surface area contributed by atoms with Crippen molar-refractivity contribution >= 4 is 28.2 Å². The Labute approximate surface area is 163 Å². The first kappa shape index (κ1) is 17.8. The van der Waals surface area contributed by atoms with Gasteiger partial charge in [-0.1, -0.05) is 30.3 Å². The maximum Gasteiger partial charge on any atom is 0.253 e. The molecular weight excluding hydrogens is 348 g/mol. The van der Waals surface area contributed by atoms with Crippen molar-refractivity contribution in [2.75, 3.05) is 11.9 Å². The van der Waals surface area contributed by atoms with Crippen molar-refractivity contribution in [3.05, 3.63) is 89.9 Å². The van der Waals surface area contributed by atoms with Gasteiger partial charge in [0.05, 0.1) is 23.1 Å². The number of nitrogens with zero attached hydrogens (tertiary/aromatic N) is 1. The summed E-state index contributed by atoms with van der Waals surface area (Å²) in [5.74, 6) is -0.0944. The largest absolute Gasteiger partial charge is 0.361 e. The third kappa shape index (κ3) is 3.88. The average molecular weight is 370 g/mol. The Morgan fingerprint density at radius 2 is 1.86 bits per heavy atom. The van der Waals surface area contributed by atoms with Crippen LogP contribution in [0.4, 0.5) is 11.4 Å². The zero-order chi connectivity index (χ0) is 19.3. The van der Waals surface area contributed by atoms with E-state index in [0.29, 0.717) is 12.1 Å². The van der Waals surface area contributed by atoms with Gasteiger partial charge in [-0.15, -0.1) is 0 Å². The van der Waals surface area contributed by atoms with Crippen molar-refractivity contribution in [2.24, 2.45) is 0 Å². The number of aromatic nitrogens is 2. The van der Waals surface area contributed by atoms with Crippen LogP contribution in [0.1, 0.15) is 21.6 Å². The minimum atomic E-state index is -0.0944. The van der Waals surface area contributed by atoms with Crippen LogP contribution in [0, 0.1) is 6.92 Å². The van der Waals surface area contributed by atoms with E-state index in [-0.39, 0.29) is 5.91 Å². The summed E-state index contributed by atoms with van der Waals surface area (Å²) < 4.78 is 0. The summed E-state index contributed by atoms with van der Waals surface area (Å²) in [6.45, 7) is 2.51. The van der Waals surface area contributed by atoms with Crippen molar-refractivity contribution in [2.45, 2.75) is 13.3 Å². The van der Waals surface area contributed by atoms with Crippen LogP contribution in [0.15, 0.2) is 73.1 Å². The standard InChI is InChI=1S/C23H22N4O/c1-16-10-11-18(15-25-16)27-22-9-5-3-7-20(22)23(28)24-13-12-17-14-26-21-8-4-2-6-19(17)21/h2-11,14-15,26-27H,12-13H2,1H3,(H,24,28). The molecule has 0 unspecified atom stereocenters. The molecule has 0 fully saturated rings. The van der Waals surface area contributed by atoms with Crippen LogP contribution in [-0.4, -0.2) is 22.4 Å². The molecule has 5 heteroatoms. The van der Waals surface area contributed by atoms with E-state index in [1.54, 1.807) is 6.20 Å². The van der Waals surface area contributed by atoms with Crippen LogP contribution in [0.2, 0.25) is 0 Å². The van der Waals surface area contributed by atoms with Gasteiger partial charge in [0.2, 0.25) is 0 Å². The van der Waals surface area contributed by atoms with Gasteiger partial charge >= 0.3 is 0 Å². The minimum absolute atomic E-state index is 0.0944. The van der Waals surface area contributed by atoms with E-state index in [9.17, 15) is 4.79 Å². The molecule has 2 aromatic carbocycles. The molecule has 140 valence electrons. The molecule has 4 rings (SSSR count). The highest BCUT2D eigenvalue weighted by molar-refractivity contribution is 6.00. The Kier molecular flexibility index (Phi) is 5.06. The summed E-state index contributed by atoms with van der Waals surface area (Å²) in [7, 11) is 0. The number of hydrogen-bond acceptors (Lipinski definition) is 3. The summed E-state index contributed by atoms with van der Waals surface area (Å²) in [4.78, 5) is 20.3. The van der Waals surface area contributed by atoms with Gasteiger partial charge in [-0.25, -0.2) is 0 Å². The second-order valence-corrected chi connectivity index (χ2v) is 6.72. The van der Waals surface area contributed by atoms with Crippen LogP contribution >= 0.6 is 0 Å². The highest BCUT2D eigenvalue weighted by Crippen LogP contribution is 2.21. The number of pyridine rings is 1. The van der Waals surface area contributed by atoms with Crippen molar-refractivity contribution in [1.82, 2.24) is 15.3 Å². The van der Waals surface area contributed by atoms with E-state index in [1.807, 2.05) is 61.7 Å². The minimum Gasteiger partial charge on any atom is -0.361 e. The number of carbonyl (C=O) groups excluding carboxylic acids is 1. The van der Waals surface area contributed by atoms with Gasteiger partial charge in [0.1, 0.15) is 0 Å². The number of hydrogen-bond donors (Lipinski definition) is 3. The molecule has 0 radical (unpaired) electrons. The van der Waals surface area contributed by atoms with Crippen LogP contribution in [-0.2, 0) is 6.42 Å².